The summed E-state index contributed by atoms with van der Waals surface area (Å²) in [6, 6.07) is 12.7. The average molecular weight is 497 g/mol. The minimum atomic E-state index is -0.158. The fourth-order valence-corrected chi connectivity index (χ4v) is 5.40. The molecule has 2 heterocycles. The molecule has 2 unspecified atom stereocenters. The highest BCUT2D eigenvalue weighted by Crippen LogP contribution is 2.33. The molecule has 6 nitrogen and oxygen atoms in total. The van der Waals surface area contributed by atoms with Crippen LogP contribution in [0.3, 0.4) is 0 Å². The van der Waals surface area contributed by atoms with E-state index in [0.29, 0.717) is 6.61 Å². The molecule has 0 amide bonds. The molecule has 2 atom stereocenters. The Bertz CT molecular complexity index is 966. The van der Waals surface area contributed by atoms with Crippen molar-refractivity contribution in [1.82, 2.24) is 9.80 Å². The van der Waals surface area contributed by atoms with E-state index in [4.69, 9.17) is 9.47 Å². The van der Waals surface area contributed by atoms with Crippen LogP contribution < -0.4 is 9.47 Å². The monoisotopic (exact) mass is 496 g/mol. The van der Waals surface area contributed by atoms with Gasteiger partial charge in [-0.05, 0) is 99.4 Å². The molecule has 2 aromatic rings. The van der Waals surface area contributed by atoms with E-state index in [1.165, 1.54) is 22.3 Å². The first-order valence-corrected chi connectivity index (χ1v) is 13.8. The highest BCUT2D eigenvalue weighted by atomic mass is 16.5. The van der Waals surface area contributed by atoms with Crippen molar-refractivity contribution in [3.63, 3.8) is 0 Å². The first kappa shape index (κ1) is 26.9. The minimum absolute atomic E-state index is 0.128. The number of ether oxygens (including phenoxy) is 2. The minimum Gasteiger partial charge on any atom is -0.494 e. The van der Waals surface area contributed by atoms with Crippen LogP contribution in [0.15, 0.2) is 36.4 Å². The Morgan fingerprint density at radius 1 is 0.778 bits per heavy atom. The lowest BCUT2D eigenvalue weighted by Crippen LogP contribution is -2.24. The van der Waals surface area contributed by atoms with Gasteiger partial charge in [0.25, 0.3) is 0 Å². The van der Waals surface area contributed by atoms with Crippen molar-refractivity contribution < 1.29 is 19.7 Å². The van der Waals surface area contributed by atoms with Gasteiger partial charge < -0.3 is 29.5 Å². The van der Waals surface area contributed by atoms with Crippen molar-refractivity contribution in [1.29, 1.82) is 0 Å². The van der Waals surface area contributed by atoms with E-state index in [1.807, 2.05) is 0 Å². The van der Waals surface area contributed by atoms with E-state index < -0.39 is 0 Å². The fourth-order valence-electron chi connectivity index (χ4n) is 5.40. The third-order valence-electron chi connectivity index (χ3n) is 7.53. The number of hydrogen-bond donors (Lipinski definition) is 2. The lowest BCUT2D eigenvalue weighted by Gasteiger charge is -2.17. The van der Waals surface area contributed by atoms with Crippen molar-refractivity contribution in [2.24, 2.45) is 0 Å². The lowest BCUT2D eigenvalue weighted by molar-refractivity contribution is 0.173. The number of aliphatic hydroxyl groups excluding tert-OH is 2. The van der Waals surface area contributed by atoms with Crippen molar-refractivity contribution in [2.75, 3.05) is 52.5 Å². The highest BCUT2D eigenvalue weighted by Gasteiger charge is 2.20. The Morgan fingerprint density at radius 3 is 2.14 bits per heavy atom. The SMILES string of the molecule is Cc1cc(OCCCN2CCC(O)C2)ccc1-c1cccc(OCCCCCN2CCC(O)C2)c1C. The van der Waals surface area contributed by atoms with Gasteiger partial charge in [-0.15, -0.1) is 0 Å². The number of nitrogens with zero attached hydrogens (tertiary/aromatic N) is 2. The van der Waals surface area contributed by atoms with Gasteiger partial charge in [-0.25, -0.2) is 0 Å². The summed E-state index contributed by atoms with van der Waals surface area (Å²) in [5, 5.41) is 19.3. The van der Waals surface area contributed by atoms with Gasteiger partial charge in [0.2, 0.25) is 0 Å². The molecule has 4 rings (SSSR count). The summed E-state index contributed by atoms with van der Waals surface area (Å²) >= 11 is 0. The molecule has 0 aliphatic carbocycles. The van der Waals surface area contributed by atoms with Crippen LogP contribution in [0.2, 0.25) is 0 Å². The van der Waals surface area contributed by atoms with E-state index in [-0.39, 0.29) is 12.2 Å². The van der Waals surface area contributed by atoms with Crippen LogP contribution >= 0.6 is 0 Å². The van der Waals surface area contributed by atoms with Crippen LogP contribution in [-0.4, -0.2) is 84.7 Å². The fraction of sp³-hybridized carbons (Fsp3) is 0.600. The van der Waals surface area contributed by atoms with E-state index >= 15 is 0 Å². The number of likely N-dealkylation sites (tertiary alicyclic amines) is 2. The number of β-amino-alcohol motifs (C(OH)–C–C–N with tert-alkyl or cyclic N) is 2. The van der Waals surface area contributed by atoms with Gasteiger partial charge in [0.1, 0.15) is 11.5 Å². The number of rotatable bonds is 13. The standard InChI is InChI=1S/C30H44N2O4/c1-23-20-27(35-19-7-15-32-17-13-26(34)22-32)10-11-28(23)29-8-6-9-30(24(29)2)36-18-5-3-4-14-31-16-12-25(33)21-31/h6,8-11,20,25-26,33-34H,3-5,7,12-19,21-22H2,1-2H3. The van der Waals surface area contributed by atoms with Gasteiger partial charge in [0.15, 0.2) is 0 Å². The molecular formula is C30H44N2O4. The van der Waals surface area contributed by atoms with E-state index in [1.54, 1.807) is 0 Å². The Morgan fingerprint density at radius 2 is 1.47 bits per heavy atom. The molecule has 2 saturated heterocycles. The number of aliphatic hydroxyl groups is 2. The third-order valence-corrected chi connectivity index (χ3v) is 7.53. The normalized spacial score (nSPS) is 20.8. The van der Waals surface area contributed by atoms with E-state index in [9.17, 15) is 10.2 Å². The van der Waals surface area contributed by atoms with Gasteiger partial charge in [0.05, 0.1) is 25.4 Å². The number of benzene rings is 2. The van der Waals surface area contributed by atoms with Crippen LogP contribution in [0.25, 0.3) is 11.1 Å². The number of aryl methyl sites for hydroxylation is 1. The Kier molecular flexibility index (Phi) is 10.0. The van der Waals surface area contributed by atoms with Crippen LogP contribution in [0.5, 0.6) is 11.5 Å². The Hall–Kier alpha value is -2.12. The summed E-state index contributed by atoms with van der Waals surface area (Å²) in [6.45, 7) is 11.4. The van der Waals surface area contributed by atoms with Crippen molar-refractivity contribution in [2.45, 2.75) is 64.6 Å². The van der Waals surface area contributed by atoms with Gasteiger partial charge in [-0.1, -0.05) is 18.2 Å². The zero-order valence-electron chi connectivity index (χ0n) is 22.1. The second-order valence-electron chi connectivity index (χ2n) is 10.5. The molecule has 2 aliphatic heterocycles. The van der Waals surface area contributed by atoms with Gasteiger partial charge in [-0.2, -0.15) is 0 Å². The molecule has 2 fully saturated rings. The Balaban J connectivity index is 1.22. The molecule has 198 valence electrons. The van der Waals surface area contributed by atoms with Crippen molar-refractivity contribution in [3.8, 4) is 22.6 Å². The zero-order valence-corrected chi connectivity index (χ0v) is 22.1. The summed E-state index contributed by atoms with van der Waals surface area (Å²) in [7, 11) is 0. The molecule has 0 saturated carbocycles. The topological polar surface area (TPSA) is 65.4 Å². The molecule has 0 bridgehead atoms. The molecule has 0 aromatic heterocycles. The smallest absolute Gasteiger partial charge is 0.122 e. The third kappa shape index (κ3) is 7.69. The second-order valence-corrected chi connectivity index (χ2v) is 10.5. The molecule has 0 radical (unpaired) electrons. The predicted molar refractivity (Wildman–Crippen MR) is 145 cm³/mol. The largest absolute Gasteiger partial charge is 0.494 e. The summed E-state index contributed by atoms with van der Waals surface area (Å²) in [4.78, 5) is 4.67. The Labute approximate surface area is 216 Å². The summed E-state index contributed by atoms with van der Waals surface area (Å²) in [5.41, 5.74) is 4.79. The first-order chi connectivity index (χ1) is 17.5. The van der Waals surface area contributed by atoms with Gasteiger partial charge >= 0.3 is 0 Å². The van der Waals surface area contributed by atoms with Crippen LogP contribution in [0.1, 0.15) is 49.7 Å². The second kappa shape index (κ2) is 13.4. The lowest BCUT2D eigenvalue weighted by atomic mass is 9.96. The molecule has 2 aliphatic rings. The van der Waals surface area contributed by atoms with Crippen LogP contribution in [-0.2, 0) is 0 Å². The van der Waals surface area contributed by atoms with Crippen LogP contribution in [0, 0.1) is 13.8 Å². The molecule has 2 N–H and O–H groups in total. The highest BCUT2D eigenvalue weighted by molar-refractivity contribution is 5.73. The van der Waals surface area contributed by atoms with Crippen LogP contribution in [0.4, 0.5) is 0 Å². The van der Waals surface area contributed by atoms with E-state index in [0.717, 1.165) is 95.9 Å². The average Bonchev–Trinajstić information content (AvgIpc) is 3.47. The molecule has 6 heteroatoms. The maximum absolute atomic E-state index is 9.65. The van der Waals surface area contributed by atoms with Gasteiger partial charge in [-0.3, -0.25) is 0 Å². The maximum Gasteiger partial charge on any atom is 0.122 e. The van der Waals surface area contributed by atoms with E-state index in [2.05, 4.69) is 60.0 Å². The first-order valence-electron chi connectivity index (χ1n) is 13.8. The van der Waals surface area contributed by atoms with Crippen molar-refractivity contribution in [3.05, 3.63) is 47.5 Å². The molecule has 2 aromatic carbocycles. The quantitative estimate of drug-likeness (QED) is 0.400. The molecular weight excluding hydrogens is 452 g/mol. The number of unbranched alkanes of at least 4 members (excludes halogenated alkanes) is 2. The van der Waals surface area contributed by atoms with Crippen molar-refractivity contribution >= 4 is 0 Å². The number of hydrogen-bond acceptors (Lipinski definition) is 6. The molecule has 0 spiro atoms. The maximum atomic E-state index is 9.65. The summed E-state index contributed by atoms with van der Waals surface area (Å²) in [5.74, 6) is 1.87. The summed E-state index contributed by atoms with van der Waals surface area (Å²) < 4.78 is 12.2. The summed E-state index contributed by atoms with van der Waals surface area (Å²) in [6.07, 6.45) is 5.83. The predicted octanol–water partition coefficient (Wildman–Crippen LogP) is 4.42. The molecule has 36 heavy (non-hydrogen) atoms. The van der Waals surface area contributed by atoms with Gasteiger partial charge in [0, 0.05) is 32.7 Å². The zero-order chi connectivity index (χ0) is 25.3.